The first-order chi connectivity index (χ1) is 18.0. The third-order valence-corrected chi connectivity index (χ3v) is 9.76. The summed E-state index contributed by atoms with van der Waals surface area (Å²) in [5.74, 6) is 0.654. The van der Waals surface area contributed by atoms with Gasteiger partial charge in [0.2, 0.25) is 5.12 Å². The van der Waals surface area contributed by atoms with Crippen molar-refractivity contribution >= 4 is 41.8 Å². The molecule has 1 aliphatic heterocycles. The van der Waals surface area contributed by atoms with Gasteiger partial charge in [-0.05, 0) is 46.9 Å². The standard InChI is InChI=1S/C16H17O4P.C13H10O2P/c17-9-10-19-11-12-21(18)16-8-4-2-6-14(16)13-5-1-3-7-15(13)20-21;1-9-5-4-7-11-10-6-2-3-8-12(10)16(14)15-13(9)11/h1-8,17H,9-12H2;2-8H,1H3/q;+1. The summed E-state index contributed by atoms with van der Waals surface area (Å²) in [6.45, 7) is 2.48. The molecule has 0 spiro atoms. The molecule has 1 aliphatic rings. The van der Waals surface area contributed by atoms with Gasteiger partial charge in [0, 0.05) is 16.3 Å². The van der Waals surface area contributed by atoms with E-state index in [0.29, 0.717) is 18.5 Å². The summed E-state index contributed by atoms with van der Waals surface area (Å²) in [6.07, 6.45) is 0.304. The summed E-state index contributed by atoms with van der Waals surface area (Å²) in [5, 5.41) is 12.3. The van der Waals surface area contributed by atoms with Crippen LogP contribution < -0.4 is 9.83 Å². The van der Waals surface area contributed by atoms with Gasteiger partial charge in [-0.3, -0.25) is 4.57 Å². The SMILES string of the molecule is Cc1cccc2c1o[p+](=O)c1ccccc21.O=P1(CCOCCO)Oc2ccccc2-c2ccccc21. The van der Waals surface area contributed by atoms with Gasteiger partial charge in [0.15, 0.2) is 5.58 Å². The molecule has 6 rings (SSSR count). The summed E-state index contributed by atoms with van der Waals surface area (Å²) in [4.78, 5) is 0. The van der Waals surface area contributed by atoms with Crippen LogP contribution in [0.2, 0.25) is 0 Å². The smallest absolute Gasteiger partial charge is 0.439 e. The summed E-state index contributed by atoms with van der Waals surface area (Å²) in [7, 11) is -4.74. The number of hydrogen-bond donors (Lipinski definition) is 1. The maximum Gasteiger partial charge on any atom is 0.597 e. The van der Waals surface area contributed by atoms with Gasteiger partial charge in [0.25, 0.3) is 7.37 Å². The Labute approximate surface area is 215 Å². The Morgan fingerprint density at radius 1 is 0.838 bits per heavy atom. The molecule has 2 atom stereocenters. The molecule has 1 N–H and O–H groups in total. The van der Waals surface area contributed by atoms with Crippen LogP contribution in [0.5, 0.6) is 5.75 Å². The zero-order valence-corrected chi connectivity index (χ0v) is 22.2. The molecule has 0 saturated carbocycles. The lowest BCUT2D eigenvalue weighted by Gasteiger charge is -2.28. The molecule has 6 nitrogen and oxygen atoms in total. The number of rotatable bonds is 5. The molecule has 1 aromatic heterocycles. The highest BCUT2D eigenvalue weighted by molar-refractivity contribution is 7.67. The van der Waals surface area contributed by atoms with Crippen LogP contribution in [0.15, 0.2) is 95.2 Å². The van der Waals surface area contributed by atoms with Crippen LogP contribution in [-0.4, -0.2) is 31.1 Å². The van der Waals surface area contributed by atoms with Crippen molar-refractivity contribution in [3.05, 3.63) is 96.6 Å². The van der Waals surface area contributed by atoms with E-state index < -0.39 is 15.0 Å². The van der Waals surface area contributed by atoms with Gasteiger partial charge in [-0.2, -0.15) is 0 Å². The predicted octanol–water partition coefficient (Wildman–Crippen LogP) is 7.30. The highest BCUT2D eigenvalue weighted by Gasteiger charge is 2.35. The Kier molecular flexibility index (Phi) is 7.55. The van der Waals surface area contributed by atoms with Gasteiger partial charge in [-0.15, -0.1) is 0 Å². The molecule has 5 aromatic rings. The molecule has 2 heterocycles. The lowest BCUT2D eigenvalue weighted by atomic mass is 10.0. The average Bonchev–Trinajstić information content (AvgIpc) is 2.93. The second kappa shape index (κ2) is 11.0. The van der Waals surface area contributed by atoms with Gasteiger partial charge in [0.05, 0.1) is 31.3 Å². The van der Waals surface area contributed by atoms with Gasteiger partial charge in [0.1, 0.15) is 5.75 Å². The number of fused-ring (bicyclic) bond motifs is 6. The van der Waals surface area contributed by atoms with Crippen LogP contribution in [0.3, 0.4) is 0 Å². The minimum Gasteiger partial charge on any atom is -0.439 e. The molecule has 0 radical (unpaired) electrons. The summed E-state index contributed by atoms with van der Waals surface area (Å²) >= 11 is 0. The highest BCUT2D eigenvalue weighted by atomic mass is 31.2. The molecule has 0 aliphatic carbocycles. The van der Waals surface area contributed by atoms with E-state index in [4.69, 9.17) is 18.6 Å². The molecular weight excluding hydrogens is 506 g/mol. The zero-order valence-electron chi connectivity index (χ0n) is 20.4. The zero-order chi connectivity index (χ0) is 25.8. The second-order valence-corrected chi connectivity index (χ2v) is 12.3. The quantitative estimate of drug-likeness (QED) is 0.145. The molecule has 4 aromatic carbocycles. The van der Waals surface area contributed by atoms with E-state index in [-0.39, 0.29) is 13.2 Å². The van der Waals surface area contributed by atoms with Crippen molar-refractivity contribution in [1.82, 2.24) is 0 Å². The predicted molar refractivity (Wildman–Crippen MR) is 149 cm³/mol. The topological polar surface area (TPSA) is 86.0 Å². The van der Waals surface area contributed by atoms with Crippen LogP contribution in [0.4, 0.5) is 0 Å². The number of aliphatic hydroxyl groups is 1. The van der Waals surface area contributed by atoms with Crippen molar-refractivity contribution in [3.63, 3.8) is 0 Å². The minimum atomic E-state index is -2.98. The van der Waals surface area contributed by atoms with E-state index >= 15 is 0 Å². The second-order valence-electron chi connectivity index (χ2n) is 8.65. The molecule has 188 valence electrons. The van der Waals surface area contributed by atoms with E-state index in [9.17, 15) is 9.13 Å². The molecule has 0 fully saturated rings. The molecule has 37 heavy (non-hydrogen) atoms. The molecule has 8 heteroatoms. The van der Waals surface area contributed by atoms with Crippen LogP contribution in [0, 0.1) is 6.92 Å². The first-order valence-corrected chi connectivity index (χ1v) is 15.0. The fraction of sp³-hybridized carbons (Fsp3) is 0.172. The number of aliphatic hydroxyl groups excluding tert-OH is 1. The summed E-state index contributed by atoms with van der Waals surface area (Å²) in [5.41, 5.74) is 3.71. The van der Waals surface area contributed by atoms with E-state index in [0.717, 1.165) is 43.5 Å². The molecule has 0 bridgehead atoms. The Morgan fingerprint density at radius 2 is 1.54 bits per heavy atom. The number of para-hydroxylation sites is 2. The monoisotopic (exact) mass is 533 g/mol. The Morgan fingerprint density at radius 3 is 2.38 bits per heavy atom. The van der Waals surface area contributed by atoms with E-state index in [1.807, 2.05) is 97.9 Å². The van der Waals surface area contributed by atoms with E-state index in [1.54, 1.807) is 0 Å². The lowest BCUT2D eigenvalue weighted by molar-refractivity contribution is 0.102. The van der Waals surface area contributed by atoms with Gasteiger partial charge in [-0.25, -0.2) is 4.20 Å². The summed E-state index contributed by atoms with van der Waals surface area (Å²) < 4.78 is 41.7. The Hall–Kier alpha value is -3.27. The third kappa shape index (κ3) is 5.12. The third-order valence-electron chi connectivity index (χ3n) is 6.24. The molecule has 2 unspecified atom stereocenters. The number of benzene rings is 4. The maximum atomic E-state index is 13.2. The van der Waals surface area contributed by atoms with Crippen molar-refractivity contribution in [2.45, 2.75) is 6.92 Å². The number of ether oxygens (including phenoxy) is 1. The van der Waals surface area contributed by atoms with Crippen molar-refractivity contribution in [2.75, 3.05) is 26.0 Å². The fourth-order valence-corrected chi connectivity index (χ4v) is 7.73. The highest BCUT2D eigenvalue weighted by Crippen LogP contribution is 2.54. The van der Waals surface area contributed by atoms with Gasteiger partial charge < -0.3 is 14.4 Å². The Bertz CT molecular complexity index is 1680. The first kappa shape index (κ1) is 25.4. The Balaban J connectivity index is 0.000000157. The lowest BCUT2D eigenvalue weighted by Crippen LogP contribution is -2.21. The maximum absolute atomic E-state index is 13.2. The molecular formula is C29H27O6P2+. The van der Waals surface area contributed by atoms with Crippen molar-refractivity contribution in [1.29, 1.82) is 0 Å². The normalized spacial score (nSPS) is 16.3. The fourth-order valence-electron chi connectivity index (χ4n) is 4.47. The molecule has 0 saturated heterocycles. The largest absolute Gasteiger partial charge is 0.597 e. The van der Waals surface area contributed by atoms with Gasteiger partial charge >= 0.3 is 7.65 Å². The minimum absolute atomic E-state index is 0.0371. The number of hydrogen-bond acceptors (Lipinski definition) is 6. The van der Waals surface area contributed by atoms with E-state index in [1.165, 1.54) is 0 Å². The van der Waals surface area contributed by atoms with Crippen molar-refractivity contribution in [3.8, 4) is 16.9 Å². The van der Waals surface area contributed by atoms with Crippen molar-refractivity contribution < 1.29 is 27.7 Å². The van der Waals surface area contributed by atoms with Crippen LogP contribution >= 0.6 is 15.0 Å². The summed E-state index contributed by atoms with van der Waals surface area (Å²) in [6, 6.07) is 28.9. The van der Waals surface area contributed by atoms with E-state index in [2.05, 4.69) is 0 Å². The number of aryl methyl sites for hydroxylation is 1. The van der Waals surface area contributed by atoms with Crippen LogP contribution in [-0.2, 0) is 13.9 Å². The van der Waals surface area contributed by atoms with Crippen LogP contribution in [0.25, 0.3) is 32.6 Å². The molecule has 0 amide bonds. The van der Waals surface area contributed by atoms with Crippen molar-refractivity contribution in [2.24, 2.45) is 0 Å². The first-order valence-electron chi connectivity index (χ1n) is 12.0. The van der Waals surface area contributed by atoms with Crippen LogP contribution in [0.1, 0.15) is 5.56 Å². The van der Waals surface area contributed by atoms with Gasteiger partial charge in [-0.1, -0.05) is 66.7 Å². The average molecular weight is 533 g/mol.